The highest BCUT2D eigenvalue weighted by Crippen LogP contribution is 2.29. The smallest absolute Gasteiger partial charge is 0.255 e. The van der Waals surface area contributed by atoms with E-state index in [9.17, 15) is 14.7 Å². The molecule has 1 aliphatic carbocycles. The molecule has 4 rings (SSSR count). The number of aliphatic hydroxyl groups excluding tert-OH is 1. The van der Waals surface area contributed by atoms with Crippen molar-refractivity contribution in [2.75, 3.05) is 5.32 Å². The van der Waals surface area contributed by atoms with Crippen LogP contribution >= 0.6 is 0 Å². The van der Waals surface area contributed by atoms with Gasteiger partial charge < -0.3 is 21.1 Å². The molecule has 180 valence electrons. The number of nitrogens with zero attached hydrogens (tertiary/aromatic N) is 3. The van der Waals surface area contributed by atoms with E-state index in [1.807, 2.05) is 32.2 Å². The van der Waals surface area contributed by atoms with Crippen LogP contribution in [0, 0.1) is 0 Å². The first-order valence-corrected chi connectivity index (χ1v) is 11.8. The number of amides is 2. The second kappa shape index (κ2) is 10.2. The van der Waals surface area contributed by atoms with E-state index < -0.39 is 0 Å². The minimum atomic E-state index is -0.155. The number of rotatable bonds is 7. The van der Waals surface area contributed by atoms with E-state index in [4.69, 9.17) is 0 Å². The van der Waals surface area contributed by atoms with Crippen LogP contribution in [-0.2, 0) is 11.4 Å². The quantitative estimate of drug-likeness (QED) is 0.427. The number of anilines is 1. The van der Waals surface area contributed by atoms with Crippen LogP contribution < -0.4 is 16.0 Å². The van der Waals surface area contributed by atoms with Crippen molar-refractivity contribution in [3.8, 4) is 11.1 Å². The van der Waals surface area contributed by atoms with Gasteiger partial charge in [-0.3, -0.25) is 14.6 Å². The van der Waals surface area contributed by atoms with Crippen molar-refractivity contribution in [1.29, 1.82) is 0 Å². The van der Waals surface area contributed by atoms with Crippen LogP contribution in [0.1, 0.15) is 62.5 Å². The molecule has 0 saturated heterocycles. The summed E-state index contributed by atoms with van der Waals surface area (Å²) in [6.45, 7) is 5.50. The molecule has 3 heterocycles. The zero-order valence-corrected chi connectivity index (χ0v) is 19.8. The lowest BCUT2D eigenvalue weighted by molar-refractivity contribution is -0.119. The third-order valence-corrected chi connectivity index (χ3v) is 6.10. The normalized spacial score (nSPS) is 18.1. The average Bonchev–Trinajstić information content (AvgIpc) is 3.25. The van der Waals surface area contributed by atoms with Crippen molar-refractivity contribution < 1.29 is 14.7 Å². The fourth-order valence-corrected chi connectivity index (χ4v) is 4.45. The van der Waals surface area contributed by atoms with E-state index in [0.29, 0.717) is 11.3 Å². The molecule has 4 N–H and O–H groups in total. The monoisotopic (exact) mass is 464 g/mol. The SMILES string of the molecule is CC(=O)NC1CCC(NC(=O)c2cnn3cc(-c4ccc(CO)nc4)cc3c2NC(C)C)CC1. The van der Waals surface area contributed by atoms with Crippen LogP contribution in [0.25, 0.3) is 16.6 Å². The lowest BCUT2D eigenvalue weighted by atomic mass is 9.91. The van der Waals surface area contributed by atoms with Gasteiger partial charge in [0.15, 0.2) is 0 Å². The van der Waals surface area contributed by atoms with Gasteiger partial charge in [-0.1, -0.05) is 6.07 Å². The standard InChI is InChI=1S/C25H32N6O3/c1-15(2)28-24-22(25(34)30-20-8-6-19(7-9-20)29-16(3)33)12-27-31-13-18(10-23(24)31)17-4-5-21(14-32)26-11-17/h4-5,10-13,15,19-20,28,32H,6-9,14H2,1-3H3,(H,29,33)(H,30,34). The van der Waals surface area contributed by atoms with Gasteiger partial charge in [-0.05, 0) is 51.7 Å². The molecule has 9 heteroatoms. The molecule has 34 heavy (non-hydrogen) atoms. The lowest BCUT2D eigenvalue weighted by Gasteiger charge is -2.29. The Morgan fingerprint density at radius 2 is 1.79 bits per heavy atom. The van der Waals surface area contributed by atoms with Crippen molar-refractivity contribution in [2.24, 2.45) is 0 Å². The fourth-order valence-electron chi connectivity index (χ4n) is 4.45. The predicted molar refractivity (Wildman–Crippen MR) is 130 cm³/mol. The summed E-state index contributed by atoms with van der Waals surface area (Å²) in [5.41, 5.74) is 4.48. The predicted octanol–water partition coefficient (Wildman–Crippen LogP) is 2.89. The number of hydrogen-bond acceptors (Lipinski definition) is 6. The number of carbonyl (C=O) groups is 2. The van der Waals surface area contributed by atoms with Crippen molar-refractivity contribution in [2.45, 2.75) is 71.2 Å². The molecular formula is C25H32N6O3. The highest BCUT2D eigenvalue weighted by atomic mass is 16.3. The Morgan fingerprint density at radius 3 is 2.38 bits per heavy atom. The van der Waals surface area contributed by atoms with Crippen LogP contribution in [0.2, 0.25) is 0 Å². The molecule has 0 aliphatic heterocycles. The van der Waals surface area contributed by atoms with E-state index in [0.717, 1.165) is 48.0 Å². The molecule has 0 atom stereocenters. The maximum atomic E-state index is 13.3. The minimum absolute atomic E-state index is 0.0112. The molecule has 3 aromatic heterocycles. The third-order valence-electron chi connectivity index (χ3n) is 6.10. The summed E-state index contributed by atoms with van der Waals surface area (Å²) in [6.07, 6.45) is 8.58. The molecule has 0 radical (unpaired) electrons. The summed E-state index contributed by atoms with van der Waals surface area (Å²) in [7, 11) is 0. The highest BCUT2D eigenvalue weighted by Gasteiger charge is 2.25. The Kier molecular flexibility index (Phi) is 7.12. The first-order valence-electron chi connectivity index (χ1n) is 11.8. The average molecular weight is 465 g/mol. The van der Waals surface area contributed by atoms with E-state index in [-0.39, 0.29) is 36.5 Å². The molecule has 0 aromatic carbocycles. The van der Waals surface area contributed by atoms with Gasteiger partial charge in [-0.25, -0.2) is 4.52 Å². The second-order valence-electron chi connectivity index (χ2n) is 9.21. The summed E-state index contributed by atoms with van der Waals surface area (Å²) >= 11 is 0. The Balaban J connectivity index is 1.58. The lowest BCUT2D eigenvalue weighted by Crippen LogP contribution is -2.43. The Bertz CT molecular complexity index is 1160. The van der Waals surface area contributed by atoms with Crippen LogP contribution in [0.5, 0.6) is 0 Å². The number of aromatic nitrogens is 3. The molecular weight excluding hydrogens is 432 g/mol. The van der Waals surface area contributed by atoms with Crippen molar-refractivity contribution >= 4 is 23.0 Å². The maximum absolute atomic E-state index is 13.3. The largest absolute Gasteiger partial charge is 0.390 e. The van der Waals surface area contributed by atoms with Gasteiger partial charge in [0.05, 0.1) is 35.3 Å². The Labute approximate surface area is 199 Å². The zero-order valence-electron chi connectivity index (χ0n) is 19.8. The molecule has 1 saturated carbocycles. The highest BCUT2D eigenvalue weighted by molar-refractivity contribution is 6.03. The summed E-state index contributed by atoms with van der Waals surface area (Å²) in [5.74, 6) is -0.166. The van der Waals surface area contributed by atoms with Gasteiger partial charge in [-0.15, -0.1) is 0 Å². The van der Waals surface area contributed by atoms with Crippen LogP contribution in [0.15, 0.2) is 36.8 Å². The number of pyridine rings is 1. The summed E-state index contributed by atoms with van der Waals surface area (Å²) in [6, 6.07) is 6.06. The topological polar surface area (TPSA) is 121 Å². The maximum Gasteiger partial charge on any atom is 0.255 e. The number of carbonyl (C=O) groups excluding carboxylic acids is 2. The number of hydrogen-bond donors (Lipinski definition) is 4. The van der Waals surface area contributed by atoms with E-state index >= 15 is 0 Å². The third kappa shape index (κ3) is 5.36. The van der Waals surface area contributed by atoms with Crippen LogP contribution in [0.4, 0.5) is 5.69 Å². The molecule has 0 spiro atoms. The first-order chi connectivity index (χ1) is 16.3. The molecule has 0 unspecified atom stereocenters. The van der Waals surface area contributed by atoms with Crippen LogP contribution in [-0.4, -0.2) is 49.6 Å². The molecule has 3 aromatic rings. The van der Waals surface area contributed by atoms with Crippen LogP contribution in [0.3, 0.4) is 0 Å². The van der Waals surface area contributed by atoms with Crippen molar-refractivity contribution in [1.82, 2.24) is 25.2 Å². The Morgan fingerprint density at radius 1 is 1.09 bits per heavy atom. The van der Waals surface area contributed by atoms with E-state index in [1.165, 1.54) is 6.92 Å². The summed E-state index contributed by atoms with van der Waals surface area (Å²) in [5, 5.41) is 23.3. The molecule has 9 nitrogen and oxygen atoms in total. The van der Waals surface area contributed by atoms with Gasteiger partial charge in [0.2, 0.25) is 5.91 Å². The van der Waals surface area contributed by atoms with Crippen molar-refractivity contribution in [3.05, 3.63) is 48.0 Å². The Hall–Kier alpha value is -3.46. The van der Waals surface area contributed by atoms with E-state index in [2.05, 4.69) is 26.0 Å². The molecule has 1 fully saturated rings. The molecule has 2 amide bonds. The molecule has 0 bridgehead atoms. The van der Waals surface area contributed by atoms with Gasteiger partial charge in [0.25, 0.3) is 5.91 Å². The van der Waals surface area contributed by atoms with Crippen molar-refractivity contribution in [3.63, 3.8) is 0 Å². The first kappa shape index (κ1) is 23.7. The van der Waals surface area contributed by atoms with Gasteiger partial charge in [0.1, 0.15) is 0 Å². The van der Waals surface area contributed by atoms with Gasteiger partial charge in [0, 0.05) is 48.6 Å². The van der Waals surface area contributed by atoms with E-state index in [1.54, 1.807) is 23.0 Å². The summed E-state index contributed by atoms with van der Waals surface area (Å²) < 4.78 is 1.76. The summed E-state index contributed by atoms with van der Waals surface area (Å²) in [4.78, 5) is 28.8. The molecule has 1 aliphatic rings. The fraction of sp³-hybridized carbons (Fsp3) is 0.440. The second-order valence-corrected chi connectivity index (χ2v) is 9.21. The van der Waals surface area contributed by atoms with Gasteiger partial charge >= 0.3 is 0 Å². The number of fused-ring (bicyclic) bond motifs is 1. The van der Waals surface area contributed by atoms with Gasteiger partial charge in [-0.2, -0.15) is 5.10 Å². The minimum Gasteiger partial charge on any atom is -0.390 e. The number of nitrogens with one attached hydrogen (secondary N) is 3. The zero-order chi connectivity index (χ0) is 24.2. The number of aliphatic hydroxyl groups is 1.